The Morgan fingerprint density at radius 2 is 2.25 bits per heavy atom. The van der Waals surface area contributed by atoms with Crippen LogP contribution in [0.2, 0.25) is 0 Å². The van der Waals surface area contributed by atoms with E-state index in [0.29, 0.717) is 0 Å². The van der Waals surface area contributed by atoms with Crippen LogP contribution >= 0.6 is 0 Å². The number of nitrogens with one attached hydrogen (secondary N) is 2. The smallest absolute Gasteiger partial charge is 0.137 e. The normalized spacial score (nSPS) is 11.1. The van der Waals surface area contributed by atoms with Crippen molar-refractivity contribution >= 4 is 11.0 Å². The quantitative estimate of drug-likeness (QED) is 0.685. The third kappa shape index (κ3) is 1.39. The second-order valence-corrected chi connectivity index (χ2v) is 3.71. The number of aromatic nitrogens is 4. The van der Waals surface area contributed by atoms with Gasteiger partial charge in [-0.1, -0.05) is 6.92 Å². The monoisotopic (exact) mass is 212 g/mol. The average molecular weight is 212 g/mol. The second kappa shape index (κ2) is 3.48. The van der Waals surface area contributed by atoms with Crippen molar-refractivity contribution in [1.82, 2.24) is 19.9 Å². The molecular formula is C12H12N4. The van der Waals surface area contributed by atoms with Gasteiger partial charge >= 0.3 is 0 Å². The molecule has 0 amide bonds. The molecule has 0 bridgehead atoms. The number of imidazole rings is 2. The zero-order valence-electron chi connectivity index (χ0n) is 8.99. The SMILES string of the molecule is CCc1nc2ccc(-c3ncc[nH]3)cc2[nH]1. The summed E-state index contributed by atoms with van der Waals surface area (Å²) >= 11 is 0. The highest BCUT2D eigenvalue weighted by molar-refractivity contribution is 5.80. The average Bonchev–Trinajstić information content (AvgIpc) is 2.96. The van der Waals surface area contributed by atoms with E-state index in [4.69, 9.17) is 0 Å². The molecular weight excluding hydrogens is 200 g/mol. The molecule has 0 saturated carbocycles. The first-order valence-corrected chi connectivity index (χ1v) is 5.35. The maximum Gasteiger partial charge on any atom is 0.137 e. The van der Waals surface area contributed by atoms with E-state index in [1.165, 1.54) is 0 Å². The van der Waals surface area contributed by atoms with E-state index in [0.717, 1.165) is 34.7 Å². The van der Waals surface area contributed by atoms with Crippen LogP contribution in [0.15, 0.2) is 30.6 Å². The maximum atomic E-state index is 4.47. The van der Waals surface area contributed by atoms with Crippen molar-refractivity contribution in [3.8, 4) is 11.4 Å². The molecule has 2 aromatic heterocycles. The third-order valence-corrected chi connectivity index (χ3v) is 2.64. The molecule has 0 aliphatic rings. The predicted octanol–water partition coefficient (Wildman–Crippen LogP) is 2.52. The minimum atomic E-state index is 0.884. The number of nitrogens with zero attached hydrogens (tertiary/aromatic N) is 2. The van der Waals surface area contributed by atoms with Gasteiger partial charge in [0.15, 0.2) is 0 Å². The standard InChI is InChI=1S/C12H12N4/c1-2-11-15-9-4-3-8(7-10(9)16-11)12-13-5-6-14-12/h3-7H,2H2,1H3,(H,13,14)(H,15,16). The summed E-state index contributed by atoms with van der Waals surface area (Å²) < 4.78 is 0. The van der Waals surface area contributed by atoms with E-state index in [1.54, 1.807) is 6.20 Å². The van der Waals surface area contributed by atoms with Gasteiger partial charge in [-0.3, -0.25) is 0 Å². The van der Waals surface area contributed by atoms with Crippen LogP contribution in [-0.4, -0.2) is 19.9 Å². The molecule has 0 fully saturated rings. The molecule has 16 heavy (non-hydrogen) atoms. The Hall–Kier alpha value is -2.10. The first kappa shape index (κ1) is 9.15. The van der Waals surface area contributed by atoms with E-state index in [1.807, 2.05) is 18.3 Å². The molecule has 80 valence electrons. The van der Waals surface area contributed by atoms with Crippen molar-refractivity contribution in [1.29, 1.82) is 0 Å². The van der Waals surface area contributed by atoms with E-state index < -0.39 is 0 Å². The molecule has 0 atom stereocenters. The Labute approximate surface area is 92.8 Å². The first-order chi connectivity index (χ1) is 7.86. The zero-order valence-corrected chi connectivity index (χ0v) is 8.99. The highest BCUT2D eigenvalue weighted by Crippen LogP contribution is 2.20. The van der Waals surface area contributed by atoms with Gasteiger partial charge < -0.3 is 9.97 Å². The highest BCUT2D eigenvalue weighted by atomic mass is 14.9. The van der Waals surface area contributed by atoms with Crippen LogP contribution < -0.4 is 0 Å². The molecule has 2 N–H and O–H groups in total. The summed E-state index contributed by atoms with van der Waals surface area (Å²) in [6, 6.07) is 6.12. The molecule has 3 rings (SSSR count). The molecule has 0 radical (unpaired) electrons. The van der Waals surface area contributed by atoms with Gasteiger partial charge in [0.05, 0.1) is 11.0 Å². The fourth-order valence-corrected chi connectivity index (χ4v) is 1.80. The predicted molar refractivity (Wildman–Crippen MR) is 63.1 cm³/mol. The molecule has 0 aliphatic carbocycles. The topological polar surface area (TPSA) is 57.4 Å². The lowest BCUT2D eigenvalue weighted by atomic mass is 10.2. The van der Waals surface area contributed by atoms with Crippen molar-refractivity contribution in [2.24, 2.45) is 0 Å². The molecule has 1 aromatic carbocycles. The van der Waals surface area contributed by atoms with Crippen LogP contribution in [0.4, 0.5) is 0 Å². The van der Waals surface area contributed by atoms with E-state index >= 15 is 0 Å². The van der Waals surface area contributed by atoms with Gasteiger partial charge in [-0.25, -0.2) is 9.97 Å². The number of hydrogen-bond donors (Lipinski definition) is 2. The molecule has 0 spiro atoms. The van der Waals surface area contributed by atoms with E-state index in [9.17, 15) is 0 Å². The van der Waals surface area contributed by atoms with Crippen LogP contribution in [0.25, 0.3) is 22.4 Å². The van der Waals surface area contributed by atoms with Crippen molar-refractivity contribution in [3.05, 3.63) is 36.4 Å². The Bertz CT molecular complexity index is 607. The van der Waals surface area contributed by atoms with Gasteiger partial charge in [-0.15, -0.1) is 0 Å². The summed E-state index contributed by atoms with van der Waals surface area (Å²) in [5.74, 6) is 1.90. The number of fused-ring (bicyclic) bond motifs is 1. The number of H-pyrrole nitrogens is 2. The van der Waals surface area contributed by atoms with Crippen molar-refractivity contribution < 1.29 is 0 Å². The van der Waals surface area contributed by atoms with Gasteiger partial charge in [0.1, 0.15) is 11.6 Å². The second-order valence-electron chi connectivity index (χ2n) is 3.71. The number of aryl methyl sites for hydroxylation is 1. The van der Waals surface area contributed by atoms with Crippen LogP contribution in [0, 0.1) is 0 Å². The summed E-state index contributed by atoms with van der Waals surface area (Å²) in [5.41, 5.74) is 3.14. The summed E-state index contributed by atoms with van der Waals surface area (Å²) in [6.07, 6.45) is 4.50. The molecule has 0 aliphatic heterocycles. The fourth-order valence-electron chi connectivity index (χ4n) is 1.80. The minimum Gasteiger partial charge on any atom is -0.345 e. The lowest BCUT2D eigenvalue weighted by Gasteiger charge is -1.95. The zero-order chi connectivity index (χ0) is 11.0. The number of aromatic amines is 2. The Kier molecular flexibility index (Phi) is 1.99. The van der Waals surface area contributed by atoms with E-state index in [-0.39, 0.29) is 0 Å². The lowest BCUT2D eigenvalue weighted by Crippen LogP contribution is -1.80. The maximum absolute atomic E-state index is 4.47. The molecule has 0 unspecified atom stereocenters. The Morgan fingerprint density at radius 3 is 3.00 bits per heavy atom. The summed E-state index contributed by atoms with van der Waals surface area (Å²) in [7, 11) is 0. The molecule has 3 aromatic rings. The van der Waals surface area contributed by atoms with Crippen LogP contribution in [0.1, 0.15) is 12.7 Å². The largest absolute Gasteiger partial charge is 0.345 e. The van der Waals surface area contributed by atoms with Gasteiger partial charge in [0, 0.05) is 24.4 Å². The molecule has 2 heterocycles. The van der Waals surface area contributed by atoms with Crippen molar-refractivity contribution in [2.75, 3.05) is 0 Å². The van der Waals surface area contributed by atoms with Crippen molar-refractivity contribution in [2.45, 2.75) is 13.3 Å². The van der Waals surface area contributed by atoms with Gasteiger partial charge in [0.25, 0.3) is 0 Å². The Morgan fingerprint density at radius 1 is 1.31 bits per heavy atom. The molecule has 4 heteroatoms. The van der Waals surface area contributed by atoms with E-state index in [2.05, 4.69) is 32.9 Å². The van der Waals surface area contributed by atoms with Gasteiger partial charge in [0.2, 0.25) is 0 Å². The fraction of sp³-hybridized carbons (Fsp3) is 0.167. The minimum absolute atomic E-state index is 0.884. The highest BCUT2D eigenvalue weighted by Gasteiger charge is 2.04. The first-order valence-electron chi connectivity index (χ1n) is 5.35. The Balaban J connectivity index is 2.15. The summed E-state index contributed by atoms with van der Waals surface area (Å²) in [6.45, 7) is 2.09. The number of rotatable bonds is 2. The molecule has 4 nitrogen and oxygen atoms in total. The summed E-state index contributed by atoms with van der Waals surface area (Å²) in [4.78, 5) is 15.1. The van der Waals surface area contributed by atoms with Crippen molar-refractivity contribution in [3.63, 3.8) is 0 Å². The number of hydrogen-bond acceptors (Lipinski definition) is 2. The lowest BCUT2D eigenvalue weighted by molar-refractivity contribution is 1.00. The summed E-state index contributed by atoms with van der Waals surface area (Å²) in [5, 5.41) is 0. The van der Waals surface area contributed by atoms with Gasteiger partial charge in [-0.2, -0.15) is 0 Å². The third-order valence-electron chi connectivity index (χ3n) is 2.64. The van der Waals surface area contributed by atoms with Gasteiger partial charge in [-0.05, 0) is 18.2 Å². The van der Waals surface area contributed by atoms with Crippen LogP contribution in [0.3, 0.4) is 0 Å². The van der Waals surface area contributed by atoms with Crippen LogP contribution in [0.5, 0.6) is 0 Å². The number of benzene rings is 1. The molecule has 0 saturated heterocycles. The van der Waals surface area contributed by atoms with Crippen LogP contribution in [-0.2, 0) is 6.42 Å².